The van der Waals surface area contributed by atoms with Crippen molar-refractivity contribution in [1.82, 2.24) is 15.1 Å². The van der Waals surface area contributed by atoms with Crippen LogP contribution in [0.25, 0.3) is 0 Å². The summed E-state index contributed by atoms with van der Waals surface area (Å²) in [6.07, 6.45) is 3.42. The van der Waals surface area contributed by atoms with Crippen molar-refractivity contribution >= 4 is 5.91 Å². The monoisotopic (exact) mass is 215 g/mol. The Labute approximate surface area is 93.9 Å². The van der Waals surface area contributed by atoms with Gasteiger partial charge in [0.2, 0.25) is 5.91 Å². The first-order chi connectivity index (χ1) is 7.84. The summed E-state index contributed by atoms with van der Waals surface area (Å²) >= 11 is 0. The average molecular weight is 215 g/mol. The molecular weight excluding hydrogens is 202 g/mol. The van der Waals surface area contributed by atoms with Crippen LogP contribution in [0.5, 0.6) is 0 Å². The van der Waals surface area contributed by atoms with Gasteiger partial charge in [0.1, 0.15) is 6.54 Å². The van der Waals surface area contributed by atoms with Crippen molar-refractivity contribution in [3.63, 3.8) is 0 Å². The number of hydrogen-bond donors (Lipinski definition) is 1. The molecule has 1 amide bonds. The van der Waals surface area contributed by atoms with Gasteiger partial charge in [0, 0.05) is 18.9 Å². The van der Waals surface area contributed by atoms with Gasteiger partial charge in [-0.3, -0.25) is 9.48 Å². The fourth-order valence-electron chi connectivity index (χ4n) is 1.39. The van der Waals surface area contributed by atoms with Crippen molar-refractivity contribution in [3.8, 4) is 0 Å². The van der Waals surface area contributed by atoms with Gasteiger partial charge in [-0.25, -0.2) is 0 Å². The number of rotatable bonds is 4. The van der Waals surface area contributed by atoms with E-state index in [1.165, 1.54) is 0 Å². The normalized spacial score (nSPS) is 10.0. The first-order valence-corrected chi connectivity index (χ1v) is 5.12. The number of amides is 1. The maximum Gasteiger partial charge on any atom is 0.241 e. The first-order valence-electron chi connectivity index (χ1n) is 5.12. The highest BCUT2D eigenvalue weighted by Gasteiger charge is 2.01. The average Bonchev–Trinajstić information content (AvgIpc) is 2.81. The lowest BCUT2D eigenvalue weighted by molar-refractivity contribution is -0.122. The maximum atomic E-state index is 11.5. The van der Waals surface area contributed by atoms with Gasteiger partial charge in [0.05, 0.1) is 0 Å². The highest BCUT2D eigenvalue weighted by molar-refractivity contribution is 5.75. The van der Waals surface area contributed by atoms with E-state index in [0.717, 1.165) is 5.56 Å². The Hall–Kier alpha value is -2.10. The van der Waals surface area contributed by atoms with E-state index in [-0.39, 0.29) is 12.5 Å². The zero-order chi connectivity index (χ0) is 11.2. The molecule has 1 aromatic carbocycles. The second-order valence-corrected chi connectivity index (χ2v) is 3.47. The van der Waals surface area contributed by atoms with Crippen LogP contribution < -0.4 is 5.32 Å². The van der Waals surface area contributed by atoms with Crippen molar-refractivity contribution in [2.24, 2.45) is 0 Å². The SMILES string of the molecule is O=C(Cn1cccn1)NCc1ccccc1. The smallest absolute Gasteiger partial charge is 0.241 e. The van der Waals surface area contributed by atoms with E-state index in [0.29, 0.717) is 6.54 Å². The summed E-state index contributed by atoms with van der Waals surface area (Å²) in [5.74, 6) is -0.0347. The summed E-state index contributed by atoms with van der Waals surface area (Å²) in [5.41, 5.74) is 1.09. The van der Waals surface area contributed by atoms with Gasteiger partial charge in [0.15, 0.2) is 0 Å². The van der Waals surface area contributed by atoms with E-state index in [9.17, 15) is 4.79 Å². The van der Waals surface area contributed by atoms with E-state index in [4.69, 9.17) is 0 Å². The summed E-state index contributed by atoms with van der Waals surface area (Å²) < 4.78 is 1.60. The predicted molar refractivity (Wildman–Crippen MR) is 60.5 cm³/mol. The van der Waals surface area contributed by atoms with Gasteiger partial charge >= 0.3 is 0 Å². The Morgan fingerprint density at radius 1 is 1.25 bits per heavy atom. The van der Waals surface area contributed by atoms with Crippen molar-refractivity contribution in [2.45, 2.75) is 13.1 Å². The topological polar surface area (TPSA) is 46.9 Å². The van der Waals surface area contributed by atoms with Crippen molar-refractivity contribution in [1.29, 1.82) is 0 Å². The molecule has 0 aliphatic rings. The molecule has 1 aromatic heterocycles. The molecule has 0 unspecified atom stereocenters. The number of carbonyl (C=O) groups is 1. The molecule has 4 nitrogen and oxygen atoms in total. The molecule has 0 aliphatic heterocycles. The number of nitrogens with zero attached hydrogens (tertiary/aromatic N) is 2. The van der Waals surface area contributed by atoms with Crippen LogP contribution in [-0.2, 0) is 17.9 Å². The minimum atomic E-state index is -0.0347. The third-order valence-electron chi connectivity index (χ3n) is 2.20. The molecule has 16 heavy (non-hydrogen) atoms. The maximum absolute atomic E-state index is 11.5. The molecule has 0 aliphatic carbocycles. The van der Waals surface area contributed by atoms with Crippen LogP contribution >= 0.6 is 0 Å². The Bertz CT molecular complexity index is 437. The quantitative estimate of drug-likeness (QED) is 0.833. The van der Waals surface area contributed by atoms with E-state index in [1.807, 2.05) is 30.3 Å². The minimum absolute atomic E-state index is 0.0347. The summed E-state index contributed by atoms with van der Waals surface area (Å²) in [7, 11) is 0. The number of carbonyl (C=O) groups excluding carboxylic acids is 1. The Kier molecular flexibility index (Phi) is 3.33. The largest absolute Gasteiger partial charge is 0.350 e. The highest BCUT2D eigenvalue weighted by atomic mass is 16.2. The zero-order valence-electron chi connectivity index (χ0n) is 8.84. The Morgan fingerprint density at radius 3 is 2.75 bits per heavy atom. The summed E-state index contributed by atoms with van der Waals surface area (Å²) in [4.78, 5) is 11.5. The number of nitrogens with one attached hydrogen (secondary N) is 1. The third-order valence-corrected chi connectivity index (χ3v) is 2.20. The van der Waals surface area contributed by atoms with Gasteiger partial charge in [-0.2, -0.15) is 5.10 Å². The van der Waals surface area contributed by atoms with Crippen LogP contribution in [0.15, 0.2) is 48.8 Å². The molecular formula is C12H13N3O. The van der Waals surface area contributed by atoms with Gasteiger partial charge in [-0.1, -0.05) is 30.3 Å². The van der Waals surface area contributed by atoms with Crippen molar-refractivity contribution < 1.29 is 4.79 Å². The molecule has 1 N–H and O–H groups in total. The Morgan fingerprint density at radius 2 is 2.06 bits per heavy atom. The molecule has 1 heterocycles. The van der Waals surface area contributed by atoms with Crippen molar-refractivity contribution in [3.05, 3.63) is 54.4 Å². The van der Waals surface area contributed by atoms with Gasteiger partial charge < -0.3 is 5.32 Å². The molecule has 4 heteroatoms. The second-order valence-electron chi connectivity index (χ2n) is 3.47. The Balaban J connectivity index is 1.80. The molecule has 0 bridgehead atoms. The molecule has 0 saturated heterocycles. The lowest BCUT2D eigenvalue weighted by atomic mass is 10.2. The summed E-state index contributed by atoms with van der Waals surface area (Å²) in [5, 5.41) is 6.80. The van der Waals surface area contributed by atoms with Gasteiger partial charge in [0.25, 0.3) is 0 Å². The minimum Gasteiger partial charge on any atom is -0.350 e. The van der Waals surface area contributed by atoms with Crippen LogP contribution in [0, 0.1) is 0 Å². The molecule has 0 saturated carbocycles. The number of aromatic nitrogens is 2. The van der Waals surface area contributed by atoms with Gasteiger partial charge in [-0.15, -0.1) is 0 Å². The van der Waals surface area contributed by atoms with E-state index in [1.54, 1.807) is 23.1 Å². The highest BCUT2D eigenvalue weighted by Crippen LogP contribution is 1.97. The van der Waals surface area contributed by atoms with Crippen LogP contribution in [0.3, 0.4) is 0 Å². The van der Waals surface area contributed by atoms with Crippen LogP contribution in [0.4, 0.5) is 0 Å². The molecule has 0 radical (unpaired) electrons. The number of hydrogen-bond acceptors (Lipinski definition) is 2. The lowest BCUT2D eigenvalue weighted by Crippen LogP contribution is -2.27. The summed E-state index contributed by atoms with van der Waals surface area (Å²) in [6, 6.07) is 11.6. The third kappa shape index (κ3) is 2.95. The molecule has 82 valence electrons. The fourth-order valence-corrected chi connectivity index (χ4v) is 1.39. The number of benzene rings is 1. The van der Waals surface area contributed by atoms with E-state index < -0.39 is 0 Å². The van der Waals surface area contributed by atoms with Crippen molar-refractivity contribution in [2.75, 3.05) is 0 Å². The fraction of sp³-hybridized carbons (Fsp3) is 0.167. The molecule has 2 rings (SSSR count). The van der Waals surface area contributed by atoms with Crippen LogP contribution in [-0.4, -0.2) is 15.7 Å². The molecule has 2 aromatic rings. The summed E-state index contributed by atoms with van der Waals surface area (Å²) in [6.45, 7) is 0.820. The molecule has 0 atom stereocenters. The van der Waals surface area contributed by atoms with E-state index in [2.05, 4.69) is 10.4 Å². The predicted octanol–water partition coefficient (Wildman–Crippen LogP) is 1.20. The second kappa shape index (κ2) is 5.11. The zero-order valence-corrected chi connectivity index (χ0v) is 8.84. The van der Waals surface area contributed by atoms with Crippen LogP contribution in [0.1, 0.15) is 5.56 Å². The standard InChI is InChI=1S/C12H13N3O/c16-12(10-15-8-4-7-14-15)13-9-11-5-2-1-3-6-11/h1-8H,9-10H2,(H,13,16). The first kappa shape index (κ1) is 10.4. The lowest BCUT2D eigenvalue weighted by Gasteiger charge is -2.05. The van der Waals surface area contributed by atoms with Crippen LogP contribution in [0.2, 0.25) is 0 Å². The molecule has 0 fully saturated rings. The molecule has 0 spiro atoms. The van der Waals surface area contributed by atoms with E-state index >= 15 is 0 Å². The van der Waals surface area contributed by atoms with Gasteiger partial charge in [-0.05, 0) is 11.6 Å².